The molecular formula is C27H17F5N4O. The third-order valence-electron chi connectivity index (χ3n) is 6.24. The van der Waals surface area contributed by atoms with Crippen molar-refractivity contribution >= 4 is 11.6 Å². The Morgan fingerprint density at radius 2 is 1.76 bits per heavy atom. The first-order chi connectivity index (χ1) is 17.7. The molecule has 0 spiro atoms. The molecule has 4 aromatic rings. The van der Waals surface area contributed by atoms with E-state index < -0.39 is 23.5 Å². The van der Waals surface area contributed by atoms with Crippen molar-refractivity contribution in [2.24, 2.45) is 0 Å². The maximum Gasteiger partial charge on any atom is 0.415 e. The lowest BCUT2D eigenvalue weighted by molar-refractivity contribution is -0.137. The van der Waals surface area contributed by atoms with E-state index in [1.165, 1.54) is 42.6 Å². The minimum absolute atomic E-state index is 0.0497. The number of nitrogens with zero attached hydrogens (tertiary/aromatic N) is 3. The second kappa shape index (κ2) is 9.17. The van der Waals surface area contributed by atoms with Gasteiger partial charge in [0.1, 0.15) is 5.82 Å². The average molecular weight is 508 g/mol. The van der Waals surface area contributed by atoms with Gasteiger partial charge in [-0.2, -0.15) is 17.6 Å². The van der Waals surface area contributed by atoms with Gasteiger partial charge >= 0.3 is 6.18 Å². The van der Waals surface area contributed by atoms with Gasteiger partial charge in [0.2, 0.25) is 5.95 Å². The normalized spacial score (nSPS) is 13.1. The highest BCUT2D eigenvalue weighted by atomic mass is 19.4. The molecular weight excluding hydrogens is 491 g/mol. The number of benzene rings is 2. The number of hydrogen-bond donors (Lipinski definition) is 1. The molecule has 2 aromatic heterocycles. The van der Waals surface area contributed by atoms with E-state index in [0.717, 1.165) is 12.1 Å². The van der Waals surface area contributed by atoms with Crippen LogP contribution in [0.25, 0.3) is 27.2 Å². The van der Waals surface area contributed by atoms with E-state index in [0.29, 0.717) is 52.2 Å². The Labute approximate surface area is 208 Å². The van der Waals surface area contributed by atoms with Crippen molar-refractivity contribution in [2.75, 3.05) is 6.54 Å². The number of alkyl halides is 3. The summed E-state index contributed by atoms with van der Waals surface area (Å²) < 4.78 is 69.5. The van der Waals surface area contributed by atoms with Crippen LogP contribution in [0.5, 0.6) is 0 Å². The zero-order valence-electron chi connectivity index (χ0n) is 19.0. The first-order valence-corrected chi connectivity index (χ1v) is 11.2. The lowest BCUT2D eigenvalue weighted by Crippen LogP contribution is -2.32. The van der Waals surface area contributed by atoms with Gasteiger partial charge in [-0.15, -0.1) is 0 Å². The number of aromatic nitrogens is 2. The second-order valence-electron chi connectivity index (χ2n) is 8.46. The molecule has 5 nitrogen and oxygen atoms in total. The number of rotatable bonds is 4. The minimum Gasteiger partial charge on any atom is -0.352 e. The molecule has 5 rings (SSSR count). The van der Waals surface area contributed by atoms with Gasteiger partial charge in [0, 0.05) is 54.2 Å². The maximum atomic E-state index is 14.2. The van der Waals surface area contributed by atoms with Crippen molar-refractivity contribution in [1.82, 2.24) is 14.9 Å². The van der Waals surface area contributed by atoms with Crippen LogP contribution in [0.15, 0.2) is 60.8 Å². The molecule has 1 amide bonds. The zero-order chi connectivity index (χ0) is 26.3. The highest BCUT2D eigenvalue weighted by molar-refractivity contribution is 6.07. The van der Waals surface area contributed by atoms with Crippen LogP contribution in [0.1, 0.15) is 27.2 Å². The van der Waals surface area contributed by atoms with Gasteiger partial charge in [0.15, 0.2) is 5.69 Å². The van der Waals surface area contributed by atoms with Crippen molar-refractivity contribution in [3.8, 4) is 22.4 Å². The van der Waals surface area contributed by atoms with Crippen molar-refractivity contribution < 1.29 is 26.7 Å². The highest BCUT2D eigenvalue weighted by Crippen LogP contribution is 2.42. The van der Waals surface area contributed by atoms with Gasteiger partial charge in [-0.3, -0.25) is 4.79 Å². The van der Waals surface area contributed by atoms with Gasteiger partial charge in [-0.05, 0) is 35.4 Å². The van der Waals surface area contributed by atoms with Crippen LogP contribution in [-0.4, -0.2) is 22.0 Å². The van der Waals surface area contributed by atoms with Crippen LogP contribution >= 0.6 is 0 Å². The summed E-state index contributed by atoms with van der Waals surface area (Å²) in [5.41, 5.74) is 1.75. The number of amides is 1. The van der Waals surface area contributed by atoms with E-state index in [1.807, 2.05) is 0 Å². The summed E-state index contributed by atoms with van der Waals surface area (Å²) in [6, 6.07) is 11.1. The molecule has 0 atom stereocenters. The second-order valence-corrected chi connectivity index (χ2v) is 8.46. The van der Waals surface area contributed by atoms with E-state index in [4.69, 9.17) is 6.57 Å². The average Bonchev–Trinajstić information content (AvgIpc) is 3.19. The molecule has 0 radical (unpaired) electrons. The van der Waals surface area contributed by atoms with Crippen LogP contribution in [0.4, 0.5) is 27.6 Å². The number of carbonyl (C=O) groups is 1. The number of carbonyl (C=O) groups excluding carboxylic acids is 1. The maximum absolute atomic E-state index is 14.2. The number of fused-ring (bicyclic) bond motifs is 1. The largest absolute Gasteiger partial charge is 0.415 e. The molecule has 0 saturated heterocycles. The number of hydrogen-bond acceptors (Lipinski definition) is 2. The summed E-state index contributed by atoms with van der Waals surface area (Å²) in [6.45, 7) is 7.73. The highest BCUT2D eigenvalue weighted by Gasteiger charge is 2.33. The lowest BCUT2D eigenvalue weighted by atomic mass is 9.95. The molecule has 37 heavy (non-hydrogen) atoms. The fourth-order valence-corrected chi connectivity index (χ4v) is 4.63. The predicted octanol–water partition coefficient (Wildman–Crippen LogP) is 6.40. The van der Waals surface area contributed by atoms with Gasteiger partial charge in [0.05, 0.1) is 17.8 Å². The summed E-state index contributed by atoms with van der Waals surface area (Å²) in [7, 11) is 0. The molecule has 0 unspecified atom stereocenters. The third-order valence-corrected chi connectivity index (χ3v) is 6.24. The Morgan fingerprint density at radius 3 is 2.43 bits per heavy atom. The molecule has 1 aliphatic heterocycles. The molecule has 0 aliphatic carbocycles. The zero-order valence-corrected chi connectivity index (χ0v) is 19.0. The summed E-state index contributed by atoms with van der Waals surface area (Å²) in [5.74, 6) is -1.63. The molecule has 3 heterocycles. The molecule has 0 bridgehead atoms. The van der Waals surface area contributed by atoms with Crippen LogP contribution in [-0.2, 0) is 19.1 Å². The first kappa shape index (κ1) is 24.2. The van der Waals surface area contributed by atoms with Gasteiger partial charge in [0.25, 0.3) is 5.91 Å². The topological polar surface area (TPSA) is 51.3 Å². The molecule has 0 fully saturated rings. The van der Waals surface area contributed by atoms with Crippen LogP contribution in [0.3, 0.4) is 0 Å². The van der Waals surface area contributed by atoms with Crippen molar-refractivity contribution in [1.29, 1.82) is 0 Å². The molecule has 0 saturated carbocycles. The summed E-state index contributed by atoms with van der Waals surface area (Å²) in [6.07, 6.45) is -2.97. The van der Waals surface area contributed by atoms with E-state index in [2.05, 4.69) is 15.1 Å². The van der Waals surface area contributed by atoms with E-state index >= 15 is 0 Å². The monoisotopic (exact) mass is 508 g/mol. The van der Waals surface area contributed by atoms with Crippen LogP contribution < -0.4 is 5.32 Å². The minimum atomic E-state index is -4.61. The Kier molecular flexibility index (Phi) is 5.99. The van der Waals surface area contributed by atoms with Gasteiger partial charge in [-0.1, -0.05) is 24.3 Å². The van der Waals surface area contributed by atoms with Crippen molar-refractivity contribution in [2.45, 2.75) is 19.1 Å². The number of nitrogens with one attached hydrogen (secondary N) is 1. The smallest absolute Gasteiger partial charge is 0.352 e. The van der Waals surface area contributed by atoms with Gasteiger partial charge < -0.3 is 9.88 Å². The standard InChI is InChI=1S/C27H17F5N4O/c1-33-20-13-18(27(30,31)32)5-2-17(20)14-36-21-9-11-35-26(37)24(21)23(15-3-6-19(28)7-4-15)25(36)16-8-10-34-22(29)12-16/h2-8,10,12-13H,9,11,14H2,(H,35,37). The number of pyridine rings is 1. The third kappa shape index (κ3) is 4.44. The Balaban J connectivity index is 1.80. The Morgan fingerprint density at radius 1 is 1.00 bits per heavy atom. The summed E-state index contributed by atoms with van der Waals surface area (Å²) in [4.78, 5) is 20.0. The van der Waals surface area contributed by atoms with Crippen molar-refractivity contribution in [3.05, 3.63) is 106 Å². The summed E-state index contributed by atoms with van der Waals surface area (Å²) in [5, 5.41) is 2.79. The SMILES string of the molecule is [C-]#[N+]c1cc(C(F)(F)F)ccc1Cn1c2c(c(-c3ccc(F)cc3)c1-c1ccnc(F)c1)C(=O)NCC2. The Hall–Kier alpha value is -4.52. The van der Waals surface area contributed by atoms with Gasteiger partial charge in [-0.25, -0.2) is 14.2 Å². The summed E-state index contributed by atoms with van der Waals surface area (Å²) >= 11 is 0. The predicted molar refractivity (Wildman–Crippen MR) is 126 cm³/mol. The first-order valence-electron chi connectivity index (χ1n) is 11.2. The number of halogens is 5. The molecule has 1 N–H and O–H groups in total. The quantitative estimate of drug-likeness (QED) is 0.197. The van der Waals surface area contributed by atoms with Crippen LogP contribution in [0.2, 0.25) is 0 Å². The fraction of sp³-hybridized carbons (Fsp3) is 0.148. The Bertz CT molecular complexity index is 1570. The lowest BCUT2D eigenvalue weighted by Gasteiger charge is -2.19. The van der Waals surface area contributed by atoms with Crippen molar-refractivity contribution in [3.63, 3.8) is 0 Å². The fourth-order valence-electron chi connectivity index (χ4n) is 4.63. The van der Waals surface area contributed by atoms with E-state index in [9.17, 15) is 26.7 Å². The molecule has 186 valence electrons. The van der Waals surface area contributed by atoms with Crippen LogP contribution in [0, 0.1) is 18.3 Å². The van der Waals surface area contributed by atoms with E-state index in [1.54, 1.807) is 10.6 Å². The molecule has 1 aliphatic rings. The van der Waals surface area contributed by atoms with E-state index in [-0.39, 0.29) is 18.1 Å². The molecule has 10 heteroatoms. The molecule has 2 aromatic carbocycles.